The maximum atomic E-state index is 11.0. The quantitative estimate of drug-likeness (QED) is 0.263. The van der Waals surface area contributed by atoms with Gasteiger partial charge in [-0.3, -0.25) is 0 Å². The van der Waals surface area contributed by atoms with Crippen LogP contribution < -0.4 is 0 Å². The lowest BCUT2D eigenvalue weighted by Gasteiger charge is -2.34. The van der Waals surface area contributed by atoms with Crippen molar-refractivity contribution in [2.75, 3.05) is 6.61 Å². The molecule has 0 bridgehead atoms. The van der Waals surface area contributed by atoms with Gasteiger partial charge >= 0.3 is 0 Å². The van der Waals surface area contributed by atoms with E-state index in [9.17, 15) is 4.79 Å². The Morgan fingerprint density at radius 1 is 1.00 bits per heavy atom. The minimum absolute atomic E-state index is 0.170. The van der Waals surface area contributed by atoms with E-state index in [2.05, 4.69) is 19.9 Å². The highest BCUT2D eigenvalue weighted by atomic mass is 16.2. The molecule has 2 nitrogen and oxygen atoms in total. The first-order chi connectivity index (χ1) is 11.1. The minimum atomic E-state index is 0.170. The number of hydrogen-bond donors (Lipinski definition) is 1. The van der Waals surface area contributed by atoms with Crippen molar-refractivity contribution in [3.63, 3.8) is 0 Å². The molecule has 0 aromatic carbocycles. The number of aldehydes is 1. The van der Waals surface area contributed by atoms with Crippen LogP contribution in [0.5, 0.6) is 0 Å². The Kier molecular flexibility index (Phi) is 10.5. The van der Waals surface area contributed by atoms with Crippen molar-refractivity contribution in [1.82, 2.24) is 0 Å². The van der Waals surface area contributed by atoms with Gasteiger partial charge in [-0.25, -0.2) is 0 Å². The standard InChI is InChI=1S/C21H38O2/c1-21(2)15-14-19(18-23)17-20(21)13-11-9-7-5-3-4-6-8-10-12-16-22/h17-19,22H,3-16H2,1-2H3. The van der Waals surface area contributed by atoms with Gasteiger partial charge < -0.3 is 9.90 Å². The van der Waals surface area contributed by atoms with Crippen LogP contribution in [-0.4, -0.2) is 18.0 Å². The van der Waals surface area contributed by atoms with Gasteiger partial charge in [0.05, 0.1) is 0 Å². The number of hydrogen-bond acceptors (Lipinski definition) is 2. The third kappa shape index (κ3) is 8.69. The summed E-state index contributed by atoms with van der Waals surface area (Å²) < 4.78 is 0. The summed E-state index contributed by atoms with van der Waals surface area (Å²) in [5.74, 6) is 0.170. The third-order valence-electron chi connectivity index (χ3n) is 5.42. The van der Waals surface area contributed by atoms with Crippen molar-refractivity contribution in [2.45, 2.75) is 97.3 Å². The predicted octanol–water partition coefficient (Wildman–Crippen LogP) is 5.83. The van der Waals surface area contributed by atoms with E-state index in [4.69, 9.17) is 5.11 Å². The fraction of sp³-hybridized carbons (Fsp3) is 0.857. The molecule has 1 atom stereocenters. The van der Waals surface area contributed by atoms with Crippen molar-refractivity contribution in [2.24, 2.45) is 11.3 Å². The Labute approximate surface area is 143 Å². The molecular weight excluding hydrogens is 284 g/mol. The van der Waals surface area contributed by atoms with Crippen LogP contribution in [0.3, 0.4) is 0 Å². The molecule has 134 valence electrons. The van der Waals surface area contributed by atoms with Gasteiger partial charge in [0.15, 0.2) is 0 Å². The van der Waals surface area contributed by atoms with Crippen LogP contribution in [0, 0.1) is 11.3 Å². The molecule has 2 heteroatoms. The maximum Gasteiger partial charge on any atom is 0.126 e. The van der Waals surface area contributed by atoms with Crippen molar-refractivity contribution in [3.8, 4) is 0 Å². The van der Waals surface area contributed by atoms with Crippen molar-refractivity contribution < 1.29 is 9.90 Å². The van der Waals surface area contributed by atoms with E-state index in [1.165, 1.54) is 69.8 Å². The van der Waals surface area contributed by atoms with Gasteiger partial charge in [0.25, 0.3) is 0 Å². The van der Waals surface area contributed by atoms with Gasteiger partial charge in [0, 0.05) is 12.5 Å². The van der Waals surface area contributed by atoms with Crippen LogP contribution in [0.4, 0.5) is 0 Å². The second-order valence-electron chi connectivity index (χ2n) is 7.92. The van der Waals surface area contributed by atoms with E-state index in [1.54, 1.807) is 0 Å². The summed E-state index contributed by atoms with van der Waals surface area (Å²) in [4.78, 5) is 11.0. The molecule has 0 aromatic heterocycles. The first-order valence-electron chi connectivity index (χ1n) is 9.87. The molecule has 0 spiro atoms. The zero-order valence-corrected chi connectivity index (χ0v) is 15.5. The maximum absolute atomic E-state index is 11.0. The molecule has 0 fully saturated rings. The first-order valence-corrected chi connectivity index (χ1v) is 9.87. The van der Waals surface area contributed by atoms with Crippen LogP contribution in [-0.2, 0) is 4.79 Å². The molecule has 0 aliphatic heterocycles. The van der Waals surface area contributed by atoms with E-state index < -0.39 is 0 Å². The predicted molar refractivity (Wildman–Crippen MR) is 98.5 cm³/mol. The van der Waals surface area contributed by atoms with Gasteiger partial charge in [-0.05, 0) is 37.5 Å². The molecule has 1 unspecified atom stereocenters. The Balaban J connectivity index is 2.04. The lowest BCUT2D eigenvalue weighted by molar-refractivity contribution is -0.110. The van der Waals surface area contributed by atoms with Crippen LogP contribution in [0.1, 0.15) is 97.3 Å². The lowest BCUT2D eigenvalue weighted by Crippen LogP contribution is -2.22. The number of carbonyl (C=O) groups excluding carboxylic acids is 1. The van der Waals surface area contributed by atoms with Crippen LogP contribution >= 0.6 is 0 Å². The fourth-order valence-electron chi connectivity index (χ4n) is 3.63. The molecule has 1 aliphatic rings. The molecule has 0 saturated carbocycles. The summed E-state index contributed by atoms with van der Waals surface area (Å²) in [6.45, 7) is 5.01. The van der Waals surface area contributed by atoms with Crippen LogP contribution in [0.25, 0.3) is 0 Å². The summed E-state index contributed by atoms with van der Waals surface area (Å²) in [7, 11) is 0. The second kappa shape index (κ2) is 11.8. The summed E-state index contributed by atoms with van der Waals surface area (Å²) >= 11 is 0. The molecule has 1 N–H and O–H groups in total. The zero-order chi connectivity index (χ0) is 17.0. The number of carbonyl (C=O) groups is 1. The number of aliphatic hydroxyl groups excluding tert-OH is 1. The molecule has 0 saturated heterocycles. The minimum Gasteiger partial charge on any atom is -0.396 e. The number of rotatable bonds is 13. The van der Waals surface area contributed by atoms with E-state index in [0.717, 1.165) is 25.5 Å². The van der Waals surface area contributed by atoms with Crippen LogP contribution in [0.2, 0.25) is 0 Å². The van der Waals surface area contributed by atoms with Crippen molar-refractivity contribution >= 4 is 6.29 Å². The molecule has 23 heavy (non-hydrogen) atoms. The molecule has 0 amide bonds. The highest BCUT2D eigenvalue weighted by Crippen LogP contribution is 2.40. The van der Waals surface area contributed by atoms with Gasteiger partial charge in [-0.1, -0.05) is 76.9 Å². The van der Waals surface area contributed by atoms with Gasteiger partial charge in [-0.2, -0.15) is 0 Å². The Hall–Kier alpha value is -0.630. The molecule has 0 aromatic rings. The Bertz CT molecular complexity index is 344. The SMILES string of the molecule is CC1(C)CCC(C=O)C=C1CCCCCCCCCCCCO. The van der Waals surface area contributed by atoms with Crippen molar-refractivity contribution in [1.29, 1.82) is 0 Å². The largest absolute Gasteiger partial charge is 0.396 e. The number of allylic oxidation sites excluding steroid dienone is 2. The summed E-state index contributed by atoms with van der Waals surface area (Å²) in [6, 6.07) is 0. The molecule has 1 rings (SSSR count). The summed E-state index contributed by atoms with van der Waals surface area (Å²) in [5, 5.41) is 8.72. The summed E-state index contributed by atoms with van der Waals surface area (Å²) in [5.41, 5.74) is 1.82. The van der Waals surface area contributed by atoms with Crippen LogP contribution in [0.15, 0.2) is 11.6 Å². The molecule has 0 radical (unpaired) electrons. The monoisotopic (exact) mass is 322 g/mol. The normalized spacial score (nSPS) is 20.3. The second-order valence-corrected chi connectivity index (χ2v) is 7.92. The summed E-state index contributed by atoms with van der Waals surface area (Å²) in [6.07, 6.45) is 19.5. The fourth-order valence-corrected chi connectivity index (χ4v) is 3.63. The number of aliphatic hydroxyl groups is 1. The lowest BCUT2D eigenvalue weighted by atomic mass is 9.71. The smallest absolute Gasteiger partial charge is 0.126 e. The van der Waals surface area contributed by atoms with Gasteiger partial charge in [0.2, 0.25) is 0 Å². The van der Waals surface area contributed by atoms with E-state index in [1.807, 2.05) is 0 Å². The molecule has 0 heterocycles. The first kappa shape index (κ1) is 20.4. The van der Waals surface area contributed by atoms with Gasteiger partial charge in [0.1, 0.15) is 6.29 Å². The van der Waals surface area contributed by atoms with Gasteiger partial charge in [-0.15, -0.1) is 0 Å². The van der Waals surface area contributed by atoms with Crippen molar-refractivity contribution in [3.05, 3.63) is 11.6 Å². The van der Waals surface area contributed by atoms with E-state index in [-0.39, 0.29) is 5.92 Å². The highest BCUT2D eigenvalue weighted by Gasteiger charge is 2.28. The third-order valence-corrected chi connectivity index (χ3v) is 5.42. The average Bonchev–Trinajstić information content (AvgIpc) is 2.54. The van der Waals surface area contributed by atoms with E-state index >= 15 is 0 Å². The zero-order valence-electron chi connectivity index (χ0n) is 15.5. The topological polar surface area (TPSA) is 37.3 Å². The average molecular weight is 323 g/mol. The molecular formula is C21H38O2. The number of unbranched alkanes of at least 4 members (excludes halogenated alkanes) is 9. The van der Waals surface area contributed by atoms with E-state index in [0.29, 0.717) is 12.0 Å². The highest BCUT2D eigenvalue weighted by molar-refractivity contribution is 5.57. The molecule has 1 aliphatic carbocycles. The Morgan fingerprint density at radius 2 is 1.52 bits per heavy atom. The Morgan fingerprint density at radius 3 is 2.04 bits per heavy atom.